The molecule has 0 amide bonds. The number of hydrogen-bond acceptors (Lipinski definition) is 4. The second-order valence-corrected chi connectivity index (χ2v) is 8.27. The Morgan fingerprint density at radius 1 is 1.14 bits per heavy atom. The lowest BCUT2D eigenvalue weighted by atomic mass is 9.63. The van der Waals surface area contributed by atoms with E-state index in [1.807, 2.05) is 19.9 Å². The third-order valence-electron chi connectivity index (χ3n) is 6.91. The van der Waals surface area contributed by atoms with Gasteiger partial charge in [-0.05, 0) is 58.0 Å². The second kappa shape index (κ2) is 7.07. The topological polar surface area (TPSA) is 38.8 Å². The van der Waals surface area contributed by atoms with Gasteiger partial charge in [0.25, 0.3) is 0 Å². The molecule has 0 heterocycles. The van der Waals surface area contributed by atoms with Crippen LogP contribution in [0.2, 0.25) is 0 Å². The van der Waals surface area contributed by atoms with Gasteiger partial charge in [0.2, 0.25) is 0 Å². The molecular weight excluding hydrogens is 350 g/mol. The SMILES string of the molecule is CCOC(=O)C1=C(c2ccccc2)[C@]23CCCC[C@H]2[C@@]1(N(C)C)C=C3OCC. The van der Waals surface area contributed by atoms with Crippen LogP contribution in [0.25, 0.3) is 5.57 Å². The Labute approximate surface area is 168 Å². The predicted molar refractivity (Wildman–Crippen MR) is 111 cm³/mol. The molecule has 0 radical (unpaired) electrons. The molecule has 0 saturated heterocycles. The summed E-state index contributed by atoms with van der Waals surface area (Å²) >= 11 is 0. The molecule has 1 aromatic carbocycles. The average molecular weight is 382 g/mol. The Morgan fingerprint density at radius 2 is 1.89 bits per heavy atom. The molecule has 3 aliphatic carbocycles. The number of rotatable bonds is 6. The molecule has 3 atom stereocenters. The van der Waals surface area contributed by atoms with Crippen LogP contribution >= 0.6 is 0 Å². The van der Waals surface area contributed by atoms with Crippen LogP contribution in [-0.2, 0) is 14.3 Å². The average Bonchev–Trinajstić information content (AvgIpc) is 3.14. The van der Waals surface area contributed by atoms with Gasteiger partial charge in [-0.1, -0.05) is 43.2 Å². The molecule has 1 saturated carbocycles. The molecule has 0 unspecified atom stereocenters. The van der Waals surface area contributed by atoms with Gasteiger partial charge in [-0.25, -0.2) is 4.79 Å². The monoisotopic (exact) mass is 381 g/mol. The van der Waals surface area contributed by atoms with E-state index in [9.17, 15) is 4.79 Å². The van der Waals surface area contributed by atoms with Crippen molar-refractivity contribution in [1.29, 1.82) is 0 Å². The first-order valence-electron chi connectivity index (χ1n) is 10.5. The summed E-state index contributed by atoms with van der Waals surface area (Å²) in [6.07, 6.45) is 6.69. The smallest absolute Gasteiger partial charge is 0.336 e. The van der Waals surface area contributed by atoms with Crippen molar-refractivity contribution < 1.29 is 14.3 Å². The van der Waals surface area contributed by atoms with E-state index in [0.717, 1.165) is 41.7 Å². The molecule has 2 bridgehead atoms. The lowest BCUT2D eigenvalue weighted by Gasteiger charge is -2.44. The van der Waals surface area contributed by atoms with Gasteiger partial charge in [0.1, 0.15) is 5.76 Å². The summed E-state index contributed by atoms with van der Waals surface area (Å²) < 4.78 is 11.9. The van der Waals surface area contributed by atoms with Crippen LogP contribution < -0.4 is 0 Å². The molecule has 4 nitrogen and oxygen atoms in total. The van der Waals surface area contributed by atoms with Crippen LogP contribution in [-0.4, -0.2) is 43.7 Å². The first-order valence-corrected chi connectivity index (χ1v) is 10.5. The summed E-state index contributed by atoms with van der Waals surface area (Å²) in [5.74, 6) is 1.18. The molecule has 0 N–H and O–H groups in total. The highest BCUT2D eigenvalue weighted by molar-refractivity contribution is 6.06. The van der Waals surface area contributed by atoms with Gasteiger partial charge in [-0.2, -0.15) is 0 Å². The zero-order valence-electron chi connectivity index (χ0n) is 17.5. The Morgan fingerprint density at radius 3 is 2.54 bits per heavy atom. The van der Waals surface area contributed by atoms with E-state index < -0.39 is 5.54 Å². The van der Waals surface area contributed by atoms with Crippen molar-refractivity contribution in [3.05, 3.63) is 53.3 Å². The molecule has 0 aliphatic heterocycles. The fourth-order valence-electron chi connectivity index (χ4n) is 6.05. The number of likely N-dealkylation sites (N-methyl/N-ethyl adjacent to an activating group) is 1. The predicted octanol–water partition coefficient (Wildman–Crippen LogP) is 4.43. The fourth-order valence-corrected chi connectivity index (χ4v) is 6.05. The van der Waals surface area contributed by atoms with Crippen LogP contribution in [0.3, 0.4) is 0 Å². The van der Waals surface area contributed by atoms with Crippen LogP contribution in [0.5, 0.6) is 0 Å². The number of ether oxygens (including phenoxy) is 2. The van der Waals surface area contributed by atoms with Gasteiger partial charge < -0.3 is 9.47 Å². The van der Waals surface area contributed by atoms with E-state index in [2.05, 4.69) is 49.3 Å². The Balaban J connectivity index is 2.04. The first-order chi connectivity index (χ1) is 13.5. The van der Waals surface area contributed by atoms with Crippen molar-refractivity contribution >= 4 is 11.5 Å². The minimum absolute atomic E-state index is 0.185. The van der Waals surface area contributed by atoms with E-state index in [0.29, 0.717) is 19.1 Å². The molecular formula is C24H31NO3. The van der Waals surface area contributed by atoms with E-state index in [1.54, 1.807) is 0 Å². The molecule has 0 aromatic heterocycles. The standard InChI is InChI=1S/C24H31NO3/c1-5-27-19-16-24(25(3)4)18-14-10-11-15-23(18,19)20(17-12-8-7-9-13-17)21(24)22(26)28-6-2/h7-9,12-13,16,18H,5-6,10-11,14-15H2,1-4H3/t18-,23-,24+/m1/s1. The molecule has 4 rings (SSSR count). The number of carbonyl (C=O) groups excluding carboxylic acids is 1. The van der Waals surface area contributed by atoms with Crippen molar-refractivity contribution in [2.75, 3.05) is 27.3 Å². The molecule has 1 fully saturated rings. The largest absolute Gasteiger partial charge is 0.498 e. The summed E-state index contributed by atoms with van der Waals surface area (Å²) in [6.45, 7) is 4.94. The molecule has 4 heteroatoms. The minimum Gasteiger partial charge on any atom is -0.498 e. The van der Waals surface area contributed by atoms with Crippen molar-refractivity contribution in [1.82, 2.24) is 4.90 Å². The van der Waals surface area contributed by atoms with Gasteiger partial charge in [-0.3, -0.25) is 4.90 Å². The van der Waals surface area contributed by atoms with E-state index in [4.69, 9.17) is 9.47 Å². The van der Waals surface area contributed by atoms with E-state index in [-0.39, 0.29) is 11.4 Å². The minimum atomic E-state index is -0.470. The highest BCUT2D eigenvalue weighted by atomic mass is 16.5. The Bertz CT molecular complexity index is 826. The molecule has 150 valence electrons. The second-order valence-electron chi connectivity index (χ2n) is 8.27. The zero-order chi connectivity index (χ0) is 19.9. The highest BCUT2D eigenvalue weighted by Gasteiger charge is 2.70. The summed E-state index contributed by atoms with van der Waals surface area (Å²) in [6, 6.07) is 10.4. The van der Waals surface area contributed by atoms with E-state index >= 15 is 0 Å². The zero-order valence-corrected chi connectivity index (χ0v) is 17.5. The van der Waals surface area contributed by atoms with Gasteiger partial charge >= 0.3 is 5.97 Å². The van der Waals surface area contributed by atoms with Crippen LogP contribution in [0.15, 0.2) is 47.7 Å². The van der Waals surface area contributed by atoms with Crippen molar-refractivity contribution in [2.24, 2.45) is 11.3 Å². The number of carbonyl (C=O) groups is 1. The van der Waals surface area contributed by atoms with Gasteiger partial charge in [-0.15, -0.1) is 0 Å². The lowest BCUT2D eigenvalue weighted by Crippen LogP contribution is -2.50. The maximum atomic E-state index is 13.4. The quantitative estimate of drug-likeness (QED) is 0.684. The van der Waals surface area contributed by atoms with Crippen LogP contribution in [0.4, 0.5) is 0 Å². The number of allylic oxidation sites excluding steroid dienone is 1. The summed E-state index contributed by atoms with van der Waals surface area (Å²) in [5.41, 5.74) is 2.37. The van der Waals surface area contributed by atoms with Gasteiger partial charge in [0.05, 0.1) is 29.7 Å². The van der Waals surface area contributed by atoms with Crippen molar-refractivity contribution in [3.8, 4) is 0 Å². The summed E-state index contributed by atoms with van der Waals surface area (Å²) in [4.78, 5) is 15.6. The third-order valence-corrected chi connectivity index (χ3v) is 6.91. The normalized spacial score (nSPS) is 31.0. The first kappa shape index (κ1) is 19.3. The summed E-state index contributed by atoms with van der Waals surface area (Å²) in [7, 11) is 4.16. The number of esters is 1. The molecule has 0 spiro atoms. The van der Waals surface area contributed by atoms with Gasteiger partial charge in [0.15, 0.2) is 0 Å². The van der Waals surface area contributed by atoms with Crippen LogP contribution in [0, 0.1) is 11.3 Å². The third kappa shape index (κ3) is 2.37. The molecule has 1 aromatic rings. The Hall–Kier alpha value is -2.07. The maximum Gasteiger partial charge on any atom is 0.336 e. The molecule has 3 aliphatic rings. The number of benzene rings is 1. The fraction of sp³-hybridized carbons (Fsp3) is 0.542. The highest BCUT2D eigenvalue weighted by Crippen LogP contribution is 2.71. The van der Waals surface area contributed by atoms with Crippen molar-refractivity contribution in [3.63, 3.8) is 0 Å². The summed E-state index contributed by atoms with van der Waals surface area (Å²) in [5, 5.41) is 0. The maximum absolute atomic E-state index is 13.4. The lowest BCUT2D eigenvalue weighted by molar-refractivity contribution is -0.139. The van der Waals surface area contributed by atoms with Gasteiger partial charge in [0, 0.05) is 5.92 Å². The Kier molecular flexibility index (Phi) is 4.86. The number of hydrogen-bond donors (Lipinski definition) is 0. The number of nitrogens with zero attached hydrogens (tertiary/aromatic N) is 1. The van der Waals surface area contributed by atoms with Crippen molar-refractivity contribution in [2.45, 2.75) is 45.1 Å². The van der Waals surface area contributed by atoms with E-state index in [1.165, 1.54) is 6.42 Å². The van der Waals surface area contributed by atoms with Crippen LogP contribution in [0.1, 0.15) is 45.1 Å². The molecule has 28 heavy (non-hydrogen) atoms.